The first-order valence-electron chi connectivity index (χ1n) is 22.2. The molecule has 0 aromatic heterocycles. The van der Waals surface area contributed by atoms with Crippen molar-refractivity contribution in [3.05, 3.63) is 272 Å². The average Bonchev–Trinajstić information content (AvgIpc) is 3.38. The van der Waals surface area contributed by atoms with Gasteiger partial charge in [0.2, 0.25) is 0 Å². The van der Waals surface area contributed by atoms with Crippen LogP contribution >= 0.6 is 0 Å². The minimum atomic E-state index is 0.343. The van der Waals surface area contributed by atoms with Crippen molar-refractivity contribution in [2.45, 2.75) is 12.3 Å². The summed E-state index contributed by atoms with van der Waals surface area (Å²) >= 11 is 0. The second kappa shape index (κ2) is 17.3. The van der Waals surface area contributed by atoms with E-state index in [9.17, 15) is 0 Å². The first-order valence-corrected chi connectivity index (χ1v) is 22.2. The second-order valence-corrected chi connectivity index (χ2v) is 16.4. The largest absolute Gasteiger partial charge is 0.311 e. The Labute approximate surface area is 376 Å². The molecule has 1 aliphatic carbocycles. The molecule has 0 fully saturated rings. The molecule has 0 heterocycles. The van der Waals surface area contributed by atoms with Crippen molar-refractivity contribution in [2.75, 3.05) is 9.80 Å². The molecule has 0 saturated carbocycles. The van der Waals surface area contributed by atoms with Gasteiger partial charge in [0, 0.05) is 40.1 Å². The summed E-state index contributed by atoms with van der Waals surface area (Å²) in [5.74, 6) is 0.343. The molecule has 0 spiro atoms. The van der Waals surface area contributed by atoms with Crippen molar-refractivity contribution in [2.24, 2.45) is 0 Å². The SMILES string of the molecule is C1=CC(c2ccccc2)CC=C1N(c1ccc(-c2ccc3c(-c4ccccc4)c4ccccc4c(-c4ccccc4)c3c2)cc1)c1ccc(N(c2ccccc2)c2ccccc2)cc1. The summed E-state index contributed by atoms with van der Waals surface area (Å²) in [6, 6.07) is 87.7. The second-order valence-electron chi connectivity index (χ2n) is 16.4. The van der Waals surface area contributed by atoms with E-state index in [1.54, 1.807) is 0 Å². The number of hydrogen-bond donors (Lipinski definition) is 0. The first-order chi connectivity index (χ1) is 31.8. The molecule has 64 heavy (non-hydrogen) atoms. The van der Waals surface area contributed by atoms with Gasteiger partial charge < -0.3 is 9.80 Å². The van der Waals surface area contributed by atoms with Gasteiger partial charge in [0.25, 0.3) is 0 Å². The predicted molar refractivity (Wildman–Crippen MR) is 272 cm³/mol. The Morgan fingerprint density at radius 3 is 1.23 bits per heavy atom. The highest BCUT2D eigenvalue weighted by Crippen LogP contribution is 2.45. The van der Waals surface area contributed by atoms with E-state index in [1.165, 1.54) is 60.5 Å². The number of rotatable bonds is 10. The van der Waals surface area contributed by atoms with Crippen LogP contribution in [-0.2, 0) is 0 Å². The van der Waals surface area contributed by atoms with Gasteiger partial charge in [-0.25, -0.2) is 0 Å². The van der Waals surface area contributed by atoms with Crippen LogP contribution in [0, 0.1) is 0 Å². The predicted octanol–water partition coefficient (Wildman–Crippen LogP) is 17.2. The van der Waals surface area contributed by atoms with Gasteiger partial charge in [-0.3, -0.25) is 0 Å². The maximum atomic E-state index is 2.41. The smallest absolute Gasteiger partial charge is 0.0463 e. The lowest BCUT2D eigenvalue weighted by atomic mass is 9.85. The topological polar surface area (TPSA) is 6.48 Å². The Morgan fingerprint density at radius 2 is 0.719 bits per heavy atom. The Morgan fingerprint density at radius 1 is 0.312 bits per heavy atom. The number of para-hydroxylation sites is 2. The summed E-state index contributed by atoms with van der Waals surface area (Å²) in [6.45, 7) is 0. The molecular formula is C62H46N2. The van der Waals surface area contributed by atoms with E-state index >= 15 is 0 Å². The van der Waals surface area contributed by atoms with Crippen LogP contribution in [0.5, 0.6) is 0 Å². The minimum Gasteiger partial charge on any atom is -0.311 e. The summed E-state index contributed by atoms with van der Waals surface area (Å²) in [5, 5.41) is 5.02. The highest BCUT2D eigenvalue weighted by Gasteiger charge is 2.21. The summed E-state index contributed by atoms with van der Waals surface area (Å²) in [7, 11) is 0. The first kappa shape index (κ1) is 38.7. The molecule has 2 nitrogen and oxygen atoms in total. The zero-order valence-corrected chi connectivity index (χ0v) is 35.5. The van der Waals surface area contributed by atoms with Crippen LogP contribution < -0.4 is 9.80 Å². The third-order valence-electron chi connectivity index (χ3n) is 12.6. The quantitative estimate of drug-likeness (QED) is 0.127. The fraction of sp³-hybridized carbons (Fsp3) is 0.0323. The van der Waals surface area contributed by atoms with Crippen LogP contribution in [0.25, 0.3) is 54.9 Å². The van der Waals surface area contributed by atoms with Crippen LogP contribution in [0.15, 0.2) is 267 Å². The van der Waals surface area contributed by atoms with Crippen molar-refractivity contribution in [1.82, 2.24) is 0 Å². The maximum absolute atomic E-state index is 2.41. The number of anilines is 5. The van der Waals surface area contributed by atoms with Crippen molar-refractivity contribution in [3.8, 4) is 33.4 Å². The third kappa shape index (κ3) is 7.46. The molecule has 11 rings (SSSR count). The Bertz CT molecular complexity index is 3210. The summed E-state index contributed by atoms with van der Waals surface area (Å²) in [5.41, 5.74) is 15.4. The van der Waals surface area contributed by atoms with Crippen LogP contribution in [0.2, 0.25) is 0 Å². The number of benzene rings is 10. The van der Waals surface area contributed by atoms with E-state index in [2.05, 4.69) is 271 Å². The normalized spacial score (nSPS) is 13.4. The van der Waals surface area contributed by atoms with Crippen LogP contribution in [-0.4, -0.2) is 0 Å². The minimum absolute atomic E-state index is 0.343. The third-order valence-corrected chi connectivity index (χ3v) is 12.6. The van der Waals surface area contributed by atoms with Crippen molar-refractivity contribution in [3.63, 3.8) is 0 Å². The van der Waals surface area contributed by atoms with E-state index in [4.69, 9.17) is 0 Å². The fourth-order valence-corrected chi connectivity index (χ4v) is 9.51. The highest BCUT2D eigenvalue weighted by molar-refractivity contribution is 6.22. The van der Waals surface area contributed by atoms with Crippen LogP contribution in [0.1, 0.15) is 17.9 Å². The van der Waals surface area contributed by atoms with Gasteiger partial charge in [0.1, 0.15) is 0 Å². The number of fused-ring (bicyclic) bond motifs is 2. The molecule has 1 aliphatic rings. The lowest BCUT2D eigenvalue weighted by Gasteiger charge is -2.30. The van der Waals surface area contributed by atoms with E-state index in [0.717, 1.165) is 40.6 Å². The molecule has 0 bridgehead atoms. The fourth-order valence-electron chi connectivity index (χ4n) is 9.51. The molecule has 0 saturated heterocycles. The van der Waals surface area contributed by atoms with Crippen LogP contribution in [0.3, 0.4) is 0 Å². The van der Waals surface area contributed by atoms with E-state index in [-0.39, 0.29) is 0 Å². The maximum Gasteiger partial charge on any atom is 0.0463 e. The Kier molecular flexibility index (Phi) is 10.5. The standard InChI is InChI=1S/C62H46N2/c1-6-18-45(19-7-1)46-30-35-53(36-31-46)64(56-41-39-55(40-42-56)63(51-24-12-4-13-25-51)52-26-14-5-15-27-52)54-37-32-47(33-38-54)50-34-43-59-60(44-50)62(49-22-10-3-11-23-49)58-29-17-16-28-57(58)61(59)48-20-8-2-9-21-48/h1-30,32-44,46H,31H2. The van der Waals surface area contributed by atoms with Gasteiger partial charge in [-0.05, 0) is 140 Å². The zero-order chi connectivity index (χ0) is 42.7. The van der Waals surface area contributed by atoms with Crippen LogP contribution in [0.4, 0.5) is 28.4 Å². The van der Waals surface area contributed by atoms with Gasteiger partial charge in [0.15, 0.2) is 0 Å². The molecule has 1 atom stereocenters. The van der Waals surface area contributed by atoms with Gasteiger partial charge in [0.05, 0.1) is 0 Å². The Balaban J connectivity index is 1.00. The van der Waals surface area contributed by atoms with Gasteiger partial charge in [-0.2, -0.15) is 0 Å². The van der Waals surface area contributed by atoms with E-state index < -0.39 is 0 Å². The molecule has 2 heteroatoms. The van der Waals surface area contributed by atoms with Crippen molar-refractivity contribution < 1.29 is 0 Å². The molecular weight excluding hydrogens is 773 g/mol. The lowest BCUT2D eigenvalue weighted by Crippen LogP contribution is -2.17. The number of nitrogens with zero attached hydrogens (tertiary/aromatic N) is 2. The van der Waals surface area contributed by atoms with Gasteiger partial charge in [-0.1, -0.05) is 188 Å². The summed E-state index contributed by atoms with van der Waals surface area (Å²) in [4.78, 5) is 4.71. The lowest BCUT2D eigenvalue weighted by molar-refractivity contribution is 0.840. The van der Waals surface area contributed by atoms with Gasteiger partial charge >= 0.3 is 0 Å². The zero-order valence-electron chi connectivity index (χ0n) is 35.5. The molecule has 10 aromatic carbocycles. The molecule has 1 unspecified atom stereocenters. The number of hydrogen-bond acceptors (Lipinski definition) is 2. The Hall–Kier alpha value is -8.20. The summed E-state index contributed by atoms with van der Waals surface area (Å²) in [6.07, 6.45) is 7.98. The van der Waals surface area contributed by atoms with E-state index in [0.29, 0.717) is 5.92 Å². The number of allylic oxidation sites excluding steroid dienone is 3. The highest BCUT2D eigenvalue weighted by atomic mass is 15.2. The molecule has 0 N–H and O–H groups in total. The molecule has 304 valence electrons. The average molecular weight is 819 g/mol. The van der Waals surface area contributed by atoms with Crippen molar-refractivity contribution in [1.29, 1.82) is 0 Å². The molecule has 0 amide bonds. The monoisotopic (exact) mass is 818 g/mol. The molecule has 0 radical (unpaired) electrons. The summed E-state index contributed by atoms with van der Waals surface area (Å²) < 4.78 is 0. The molecule has 0 aliphatic heterocycles. The van der Waals surface area contributed by atoms with Crippen molar-refractivity contribution >= 4 is 50.0 Å². The molecule has 10 aromatic rings. The van der Waals surface area contributed by atoms with E-state index in [1.807, 2.05) is 0 Å². The van der Waals surface area contributed by atoms with Gasteiger partial charge in [-0.15, -0.1) is 0 Å².